The second-order valence-electron chi connectivity index (χ2n) is 3.72. The standard InChI is InChI=1S/C11H9BrFN3O2/c1-5-9(11(17)18)6(2)16(15-5)10-8(13)3-7(12)4-14-10/h3-4H,1-2H3,(H,17,18). The molecule has 0 aromatic carbocycles. The molecule has 0 radical (unpaired) electrons. The van der Waals surface area contributed by atoms with Crippen molar-refractivity contribution in [3.63, 3.8) is 0 Å². The summed E-state index contributed by atoms with van der Waals surface area (Å²) in [5, 5.41) is 13.1. The lowest BCUT2D eigenvalue weighted by Gasteiger charge is -2.04. The molecule has 0 aliphatic heterocycles. The zero-order valence-corrected chi connectivity index (χ0v) is 11.2. The Kier molecular flexibility index (Phi) is 3.16. The smallest absolute Gasteiger partial charge is 0.339 e. The molecule has 0 amide bonds. The van der Waals surface area contributed by atoms with Crippen molar-refractivity contribution in [2.75, 3.05) is 0 Å². The molecule has 0 unspecified atom stereocenters. The molecule has 0 atom stereocenters. The Bertz CT molecular complexity index is 639. The van der Waals surface area contributed by atoms with E-state index < -0.39 is 11.8 Å². The van der Waals surface area contributed by atoms with Crippen molar-refractivity contribution >= 4 is 21.9 Å². The zero-order valence-electron chi connectivity index (χ0n) is 9.61. The lowest BCUT2D eigenvalue weighted by molar-refractivity contribution is 0.0695. The van der Waals surface area contributed by atoms with Gasteiger partial charge in [-0.2, -0.15) is 5.10 Å². The summed E-state index contributed by atoms with van der Waals surface area (Å²) in [6.45, 7) is 3.12. The Morgan fingerprint density at radius 2 is 2.17 bits per heavy atom. The molecule has 18 heavy (non-hydrogen) atoms. The second kappa shape index (κ2) is 4.49. The SMILES string of the molecule is Cc1nn(-c2ncc(Br)cc2F)c(C)c1C(=O)O. The molecule has 0 aliphatic carbocycles. The number of nitrogens with zero attached hydrogens (tertiary/aromatic N) is 3. The van der Waals surface area contributed by atoms with E-state index in [0.717, 1.165) is 0 Å². The number of aryl methyl sites for hydroxylation is 1. The highest BCUT2D eigenvalue weighted by atomic mass is 79.9. The van der Waals surface area contributed by atoms with Gasteiger partial charge in [-0.15, -0.1) is 0 Å². The molecule has 0 aliphatic rings. The Labute approximate surface area is 110 Å². The number of carboxylic acids is 1. The van der Waals surface area contributed by atoms with Crippen LogP contribution in [0.4, 0.5) is 4.39 Å². The Balaban J connectivity index is 2.65. The maximum atomic E-state index is 13.8. The molecule has 7 heteroatoms. The summed E-state index contributed by atoms with van der Waals surface area (Å²) in [5.74, 6) is -1.69. The van der Waals surface area contributed by atoms with Gasteiger partial charge < -0.3 is 5.11 Å². The number of rotatable bonds is 2. The number of carbonyl (C=O) groups is 1. The molecular formula is C11H9BrFN3O2. The van der Waals surface area contributed by atoms with E-state index in [1.807, 2.05) is 0 Å². The molecule has 2 heterocycles. The first-order valence-electron chi connectivity index (χ1n) is 5.02. The number of hydrogen-bond donors (Lipinski definition) is 1. The predicted molar refractivity (Wildman–Crippen MR) is 65.5 cm³/mol. The van der Waals surface area contributed by atoms with Gasteiger partial charge in [0.05, 0.1) is 11.4 Å². The average Bonchev–Trinajstić information content (AvgIpc) is 2.54. The third kappa shape index (κ3) is 2.01. The van der Waals surface area contributed by atoms with Gasteiger partial charge in [0.25, 0.3) is 0 Å². The van der Waals surface area contributed by atoms with Crippen molar-refractivity contribution in [3.8, 4) is 5.82 Å². The minimum atomic E-state index is -1.09. The fraction of sp³-hybridized carbons (Fsp3) is 0.182. The molecule has 2 rings (SSSR count). The molecular weight excluding hydrogens is 305 g/mol. The molecule has 5 nitrogen and oxygen atoms in total. The van der Waals surface area contributed by atoms with Crippen molar-refractivity contribution in [3.05, 3.63) is 39.5 Å². The first kappa shape index (κ1) is 12.7. The van der Waals surface area contributed by atoms with E-state index in [1.165, 1.54) is 16.9 Å². The number of halogens is 2. The molecule has 0 bridgehead atoms. The summed E-state index contributed by atoms with van der Waals surface area (Å²) in [4.78, 5) is 15.0. The van der Waals surface area contributed by atoms with Crippen molar-refractivity contribution in [2.45, 2.75) is 13.8 Å². The fourth-order valence-corrected chi connectivity index (χ4v) is 2.02. The largest absolute Gasteiger partial charge is 0.478 e. The second-order valence-corrected chi connectivity index (χ2v) is 4.64. The van der Waals surface area contributed by atoms with E-state index in [1.54, 1.807) is 13.8 Å². The molecule has 2 aromatic heterocycles. The summed E-state index contributed by atoms with van der Waals surface area (Å²) in [5.41, 5.74) is 0.733. The van der Waals surface area contributed by atoms with Crippen molar-refractivity contribution in [1.29, 1.82) is 0 Å². The first-order chi connectivity index (χ1) is 8.41. The van der Waals surface area contributed by atoms with Crippen LogP contribution in [-0.2, 0) is 0 Å². The molecule has 94 valence electrons. The van der Waals surface area contributed by atoms with E-state index in [4.69, 9.17) is 5.11 Å². The topological polar surface area (TPSA) is 68.0 Å². The number of aromatic carboxylic acids is 1. The minimum absolute atomic E-state index is 0.0219. The van der Waals surface area contributed by atoms with E-state index in [-0.39, 0.29) is 11.4 Å². The van der Waals surface area contributed by atoms with Crippen LogP contribution in [0.15, 0.2) is 16.7 Å². The lowest BCUT2D eigenvalue weighted by atomic mass is 10.2. The molecule has 0 fully saturated rings. The molecule has 1 N–H and O–H groups in total. The maximum absolute atomic E-state index is 13.8. The number of aromatic nitrogens is 3. The Morgan fingerprint density at radius 1 is 1.50 bits per heavy atom. The van der Waals surface area contributed by atoms with Crippen LogP contribution < -0.4 is 0 Å². The van der Waals surface area contributed by atoms with Gasteiger partial charge in [0.1, 0.15) is 5.56 Å². The van der Waals surface area contributed by atoms with Crippen molar-refractivity contribution in [1.82, 2.24) is 14.8 Å². The van der Waals surface area contributed by atoms with Gasteiger partial charge >= 0.3 is 5.97 Å². The summed E-state index contributed by atoms with van der Waals surface area (Å²) in [6.07, 6.45) is 1.43. The van der Waals surface area contributed by atoms with Crippen LogP contribution in [0.25, 0.3) is 5.82 Å². The maximum Gasteiger partial charge on any atom is 0.339 e. The van der Waals surface area contributed by atoms with Crippen LogP contribution in [0.5, 0.6) is 0 Å². The van der Waals surface area contributed by atoms with Crippen molar-refractivity contribution < 1.29 is 14.3 Å². The van der Waals surface area contributed by atoms with Crippen LogP contribution >= 0.6 is 15.9 Å². The summed E-state index contributed by atoms with van der Waals surface area (Å²) in [6, 6.07) is 1.25. The first-order valence-corrected chi connectivity index (χ1v) is 5.82. The van der Waals surface area contributed by atoms with Crippen LogP contribution in [0.3, 0.4) is 0 Å². The van der Waals surface area contributed by atoms with Crippen LogP contribution in [0.2, 0.25) is 0 Å². The normalized spacial score (nSPS) is 10.7. The summed E-state index contributed by atoms with van der Waals surface area (Å²) >= 11 is 3.10. The van der Waals surface area contributed by atoms with Crippen LogP contribution in [-0.4, -0.2) is 25.8 Å². The number of carboxylic acid groups (broad SMARTS) is 1. The third-order valence-electron chi connectivity index (χ3n) is 2.49. The lowest BCUT2D eigenvalue weighted by Crippen LogP contribution is -2.06. The molecule has 0 saturated carbocycles. The predicted octanol–water partition coefficient (Wildman–Crippen LogP) is 2.48. The Hall–Kier alpha value is -1.76. The molecule has 0 saturated heterocycles. The molecule has 0 spiro atoms. The van der Waals surface area contributed by atoms with E-state index in [2.05, 4.69) is 26.0 Å². The van der Waals surface area contributed by atoms with E-state index in [0.29, 0.717) is 15.9 Å². The van der Waals surface area contributed by atoms with Gasteiger partial charge in [0, 0.05) is 10.7 Å². The number of hydrogen-bond acceptors (Lipinski definition) is 3. The average molecular weight is 314 g/mol. The van der Waals surface area contributed by atoms with Gasteiger partial charge in [-0.1, -0.05) is 0 Å². The molecule has 2 aromatic rings. The third-order valence-corrected chi connectivity index (χ3v) is 2.93. The van der Waals surface area contributed by atoms with Gasteiger partial charge in [0.2, 0.25) is 0 Å². The zero-order chi connectivity index (χ0) is 13.4. The monoisotopic (exact) mass is 313 g/mol. The fourth-order valence-electron chi connectivity index (χ4n) is 1.72. The van der Waals surface area contributed by atoms with Gasteiger partial charge in [0.15, 0.2) is 11.6 Å². The van der Waals surface area contributed by atoms with Gasteiger partial charge in [-0.3, -0.25) is 0 Å². The van der Waals surface area contributed by atoms with Gasteiger partial charge in [-0.05, 0) is 35.8 Å². The summed E-state index contributed by atoms with van der Waals surface area (Å²) < 4.78 is 15.5. The summed E-state index contributed by atoms with van der Waals surface area (Å²) in [7, 11) is 0. The van der Waals surface area contributed by atoms with Gasteiger partial charge in [-0.25, -0.2) is 18.9 Å². The quantitative estimate of drug-likeness (QED) is 0.925. The highest BCUT2D eigenvalue weighted by Crippen LogP contribution is 2.20. The van der Waals surface area contributed by atoms with Crippen LogP contribution in [0.1, 0.15) is 21.7 Å². The van der Waals surface area contributed by atoms with Crippen LogP contribution in [0, 0.1) is 19.7 Å². The highest BCUT2D eigenvalue weighted by Gasteiger charge is 2.20. The Morgan fingerprint density at radius 3 is 2.67 bits per heavy atom. The number of pyridine rings is 1. The highest BCUT2D eigenvalue weighted by molar-refractivity contribution is 9.10. The van der Waals surface area contributed by atoms with E-state index >= 15 is 0 Å². The van der Waals surface area contributed by atoms with Crippen molar-refractivity contribution in [2.24, 2.45) is 0 Å². The minimum Gasteiger partial charge on any atom is -0.478 e. The van der Waals surface area contributed by atoms with E-state index in [9.17, 15) is 9.18 Å².